The van der Waals surface area contributed by atoms with Crippen LogP contribution in [0, 0.1) is 0 Å². The van der Waals surface area contributed by atoms with Gasteiger partial charge in [-0.05, 0) is 11.1 Å². The van der Waals surface area contributed by atoms with Gasteiger partial charge in [0.2, 0.25) is 0 Å². The van der Waals surface area contributed by atoms with Crippen LogP contribution in [0.4, 0.5) is 4.39 Å². The molecule has 0 aliphatic heterocycles. The van der Waals surface area contributed by atoms with Gasteiger partial charge in [-0.3, -0.25) is 0 Å². The second kappa shape index (κ2) is 6.92. The lowest BCUT2D eigenvalue weighted by Gasteiger charge is -2.10. The number of hydrogen-bond acceptors (Lipinski definition) is 1. The zero-order valence-electron chi connectivity index (χ0n) is 10.4. The molecule has 2 aromatic carbocycles. The summed E-state index contributed by atoms with van der Waals surface area (Å²) in [6, 6.07) is 19.8. The van der Waals surface area contributed by atoms with Crippen molar-refractivity contribution in [2.45, 2.75) is 19.1 Å². The first-order valence-electron chi connectivity index (χ1n) is 6.27. The molecule has 0 fully saturated rings. The average Bonchev–Trinajstić information content (AvgIpc) is 2.41. The van der Waals surface area contributed by atoms with E-state index < -0.39 is 6.17 Å². The molecule has 0 bridgehead atoms. The summed E-state index contributed by atoms with van der Waals surface area (Å²) in [4.78, 5) is 0. The summed E-state index contributed by atoms with van der Waals surface area (Å²) in [6.07, 6.45) is -0.362. The van der Waals surface area contributed by atoms with Crippen molar-refractivity contribution in [1.82, 2.24) is 5.32 Å². The van der Waals surface area contributed by atoms with Crippen LogP contribution >= 0.6 is 0 Å². The number of alkyl halides is 1. The standard InChI is InChI=1S/C16H18FN/c17-16(11-14-7-3-1-4-8-14)13-18-12-15-9-5-2-6-10-15/h1-10,16,18H,11-13H2/t16-/m1/s1. The molecule has 0 radical (unpaired) electrons. The quantitative estimate of drug-likeness (QED) is 0.820. The Morgan fingerprint density at radius 1 is 0.833 bits per heavy atom. The van der Waals surface area contributed by atoms with E-state index >= 15 is 0 Å². The molecule has 1 nitrogen and oxygen atoms in total. The van der Waals surface area contributed by atoms with Gasteiger partial charge in [0, 0.05) is 19.5 Å². The summed E-state index contributed by atoms with van der Waals surface area (Å²) in [5.41, 5.74) is 2.23. The summed E-state index contributed by atoms with van der Waals surface area (Å²) in [6.45, 7) is 1.11. The number of benzene rings is 2. The first-order chi connectivity index (χ1) is 8.84. The van der Waals surface area contributed by atoms with Gasteiger partial charge in [-0.2, -0.15) is 0 Å². The smallest absolute Gasteiger partial charge is 0.117 e. The largest absolute Gasteiger partial charge is 0.310 e. The first-order valence-corrected chi connectivity index (χ1v) is 6.27. The van der Waals surface area contributed by atoms with E-state index in [1.807, 2.05) is 60.7 Å². The highest BCUT2D eigenvalue weighted by atomic mass is 19.1. The van der Waals surface area contributed by atoms with Gasteiger partial charge in [0.1, 0.15) is 6.17 Å². The van der Waals surface area contributed by atoms with Crippen molar-refractivity contribution in [3.8, 4) is 0 Å². The summed E-state index contributed by atoms with van der Waals surface area (Å²) in [5.74, 6) is 0. The first kappa shape index (κ1) is 12.8. The highest BCUT2D eigenvalue weighted by Crippen LogP contribution is 2.05. The lowest BCUT2D eigenvalue weighted by atomic mass is 10.1. The minimum atomic E-state index is -0.837. The molecule has 2 heteroatoms. The van der Waals surface area contributed by atoms with E-state index in [1.54, 1.807) is 0 Å². The van der Waals surface area contributed by atoms with Gasteiger partial charge < -0.3 is 5.32 Å². The highest BCUT2D eigenvalue weighted by Gasteiger charge is 2.06. The summed E-state index contributed by atoms with van der Waals surface area (Å²) in [5, 5.41) is 3.15. The number of halogens is 1. The van der Waals surface area contributed by atoms with E-state index in [0.717, 1.165) is 12.1 Å². The Morgan fingerprint density at radius 2 is 1.39 bits per heavy atom. The van der Waals surface area contributed by atoms with E-state index in [0.29, 0.717) is 13.0 Å². The van der Waals surface area contributed by atoms with E-state index in [1.165, 1.54) is 5.56 Å². The Balaban J connectivity index is 1.71. The molecule has 0 spiro atoms. The molecular weight excluding hydrogens is 225 g/mol. The van der Waals surface area contributed by atoms with Gasteiger partial charge in [0.15, 0.2) is 0 Å². The van der Waals surface area contributed by atoms with Crippen LogP contribution in [0.25, 0.3) is 0 Å². The molecule has 0 amide bonds. The summed E-state index contributed by atoms with van der Waals surface area (Å²) in [7, 11) is 0. The van der Waals surface area contributed by atoms with Crippen molar-refractivity contribution in [2.24, 2.45) is 0 Å². The Hall–Kier alpha value is -1.67. The summed E-state index contributed by atoms with van der Waals surface area (Å²) < 4.78 is 13.7. The van der Waals surface area contributed by atoms with Gasteiger partial charge in [0.05, 0.1) is 0 Å². The Labute approximate surface area is 108 Å². The normalized spacial score (nSPS) is 12.3. The van der Waals surface area contributed by atoms with E-state index in [-0.39, 0.29) is 0 Å². The molecule has 18 heavy (non-hydrogen) atoms. The minimum Gasteiger partial charge on any atom is -0.310 e. The lowest BCUT2D eigenvalue weighted by Crippen LogP contribution is -2.25. The molecule has 94 valence electrons. The zero-order chi connectivity index (χ0) is 12.6. The van der Waals surface area contributed by atoms with E-state index in [9.17, 15) is 4.39 Å². The highest BCUT2D eigenvalue weighted by molar-refractivity contribution is 5.16. The van der Waals surface area contributed by atoms with Crippen LogP contribution in [0.15, 0.2) is 60.7 Å². The van der Waals surface area contributed by atoms with Crippen LogP contribution in [-0.2, 0) is 13.0 Å². The van der Waals surface area contributed by atoms with Gasteiger partial charge >= 0.3 is 0 Å². The van der Waals surface area contributed by atoms with Crippen LogP contribution in [0.2, 0.25) is 0 Å². The predicted octanol–water partition coefficient (Wildman–Crippen LogP) is 3.36. The monoisotopic (exact) mass is 243 g/mol. The molecule has 2 rings (SSSR count). The molecule has 0 aliphatic rings. The Morgan fingerprint density at radius 3 is 2.00 bits per heavy atom. The Kier molecular flexibility index (Phi) is 4.91. The maximum Gasteiger partial charge on any atom is 0.117 e. The molecule has 0 heterocycles. The van der Waals surface area contributed by atoms with Gasteiger partial charge in [-0.1, -0.05) is 60.7 Å². The van der Waals surface area contributed by atoms with Crippen molar-refractivity contribution in [3.05, 3.63) is 71.8 Å². The maximum atomic E-state index is 13.7. The molecule has 1 N–H and O–H groups in total. The molecule has 0 unspecified atom stereocenters. The topological polar surface area (TPSA) is 12.0 Å². The predicted molar refractivity (Wildman–Crippen MR) is 73.2 cm³/mol. The SMILES string of the molecule is F[C@@H](CNCc1ccccc1)Cc1ccccc1. The molecule has 0 saturated heterocycles. The third kappa shape index (κ3) is 4.30. The average molecular weight is 243 g/mol. The van der Waals surface area contributed by atoms with Crippen LogP contribution in [-0.4, -0.2) is 12.7 Å². The second-order valence-corrected chi connectivity index (χ2v) is 4.40. The molecule has 1 atom stereocenters. The number of rotatable bonds is 6. The van der Waals surface area contributed by atoms with Crippen LogP contribution in [0.5, 0.6) is 0 Å². The van der Waals surface area contributed by atoms with Gasteiger partial charge in [-0.25, -0.2) is 4.39 Å². The van der Waals surface area contributed by atoms with E-state index in [4.69, 9.17) is 0 Å². The third-order valence-corrected chi connectivity index (χ3v) is 2.84. The van der Waals surface area contributed by atoms with Crippen molar-refractivity contribution in [1.29, 1.82) is 0 Å². The van der Waals surface area contributed by atoms with Crippen LogP contribution in [0.1, 0.15) is 11.1 Å². The van der Waals surface area contributed by atoms with Crippen molar-refractivity contribution >= 4 is 0 Å². The van der Waals surface area contributed by atoms with Gasteiger partial charge in [0.25, 0.3) is 0 Å². The van der Waals surface area contributed by atoms with Crippen molar-refractivity contribution in [2.75, 3.05) is 6.54 Å². The fourth-order valence-electron chi connectivity index (χ4n) is 1.91. The molecule has 0 aromatic heterocycles. The second-order valence-electron chi connectivity index (χ2n) is 4.40. The maximum absolute atomic E-state index is 13.7. The van der Waals surface area contributed by atoms with Gasteiger partial charge in [-0.15, -0.1) is 0 Å². The lowest BCUT2D eigenvalue weighted by molar-refractivity contribution is 0.317. The zero-order valence-corrected chi connectivity index (χ0v) is 10.4. The fraction of sp³-hybridized carbons (Fsp3) is 0.250. The third-order valence-electron chi connectivity index (χ3n) is 2.84. The molecule has 2 aromatic rings. The minimum absolute atomic E-state index is 0.393. The molecule has 0 aliphatic carbocycles. The van der Waals surface area contributed by atoms with Crippen molar-refractivity contribution in [3.63, 3.8) is 0 Å². The molecular formula is C16H18FN. The van der Waals surface area contributed by atoms with Crippen LogP contribution in [0.3, 0.4) is 0 Å². The fourth-order valence-corrected chi connectivity index (χ4v) is 1.91. The van der Waals surface area contributed by atoms with Crippen molar-refractivity contribution < 1.29 is 4.39 Å². The number of hydrogen-bond donors (Lipinski definition) is 1. The molecule has 0 saturated carbocycles. The Bertz CT molecular complexity index is 441. The van der Waals surface area contributed by atoms with E-state index in [2.05, 4.69) is 5.32 Å². The van der Waals surface area contributed by atoms with Crippen LogP contribution < -0.4 is 5.32 Å². The summed E-state index contributed by atoms with van der Waals surface area (Å²) >= 11 is 0. The number of nitrogens with one attached hydrogen (secondary N) is 1.